The summed E-state index contributed by atoms with van der Waals surface area (Å²) in [6.07, 6.45) is 1.38. The van der Waals surface area contributed by atoms with Crippen LogP contribution in [0.4, 0.5) is 0 Å². The van der Waals surface area contributed by atoms with Crippen molar-refractivity contribution in [2.45, 2.75) is 33.2 Å². The molecule has 1 aliphatic heterocycles. The van der Waals surface area contributed by atoms with Crippen molar-refractivity contribution in [3.05, 3.63) is 65.2 Å². The van der Waals surface area contributed by atoms with E-state index in [1.165, 1.54) is 5.56 Å². The average molecular weight is 380 g/mol. The van der Waals surface area contributed by atoms with Gasteiger partial charge in [-0.2, -0.15) is 0 Å². The molecule has 2 aromatic rings. The Morgan fingerprint density at radius 2 is 1.75 bits per heavy atom. The largest absolute Gasteiger partial charge is 0.484 e. The van der Waals surface area contributed by atoms with Gasteiger partial charge in [0.25, 0.3) is 5.91 Å². The van der Waals surface area contributed by atoms with Crippen LogP contribution in [0.5, 0.6) is 5.75 Å². The van der Waals surface area contributed by atoms with Gasteiger partial charge in [-0.05, 0) is 44.4 Å². The van der Waals surface area contributed by atoms with Crippen molar-refractivity contribution in [2.24, 2.45) is 5.92 Å². The number of carbonyl (C=O) groups excluding carboxylic acids is 2. The minimum absolute atomic E-state index is 0.0285. The number of nitrogens with zero attached hydrogens (tertiary/aromatic N) is 1. The van der Waals surface area contributed by atoms with E-state index >= 15 is 0 Å². The van der Waals surface area contributed by atoms with Crippen LogP contribution in [0.3, 0.4) is 0 Å². The number of rotatable bonds is 6. The smallest absolute Gasteiger partial charge is 0.260 e. The van der Waals surface area contributed by atoms with Crippen molar-refractivity contribution in [1.29, 1.82) is 0 Å². The predicted octanol–water partition coefficient (Wildman–Crippen LogP) is 3.24. The second-order valence-corrected chi connectivity index (χ2v) is 7.46. The van der Waals surface area contributed by atoms with E-state index in [0.717, 1.165) is 11.1 Å². The summed E-state index contributed by atoms with van der Waals surface area (Å²) in [7, 11) is 0. The van der Waals surface area contributed by atoms with Gasteiger partial charge in [-0.25, -0.2) is 0 Å². The van der Waals surface area contributed by atoms with Gasteiger partial charge in [-0.15, -0.1) is 0 Å². The fourth-order valence-electron chi connectivity index (χ4n) is 3.42. The number of amides is 2. The van der Waals surface area contributed by atoms with Gasteiger partial charge in [0.1, 0.15) is 5.75 Å². The van der Waals surface area contributed by atoms with Crippen LogP contribution in [0.25, 0.3) is 0 Å². The molecule has 0 unspecified atom stereocenters. The third-order valence-electron chi connectivity index (χ3n) is 5.15. The van der Waals surface area contributed by atoms with Crippen LogP contribution in [0.15, 0.2) is 48.5 Å². The summed E-state index contributed by atoms with van der Waals surface area (Å²) >= 11 is 0. The summed E-state index contributed by atoms with van der Waals surface area (Å²) in [5.41, 5.74) is 3.45. The summed E-state index contributed by atoms with van der Waals surface area (Å²) < 4.78 is 5.58. The van der Waals surface area contributed by atoms with Crippen LogP contribution >= 0.6 is 0 Å². The molecule has 2 amide bonds. The van der Waals surface area contributed by atoms with Gasteiger partial charge >= 0.3 is 0 Å². The fourth-order valence-corrected chi connectivity index (χ4v) is 3.42. The summed E-state index contributed by atoms with van der Waals surface area (Å²) in [5, 5.41) is 3.02. The van der Waals surface area contributed by atoms with Crippen molar-refractivity contribution in [3.63, 3.8) is 0 Å². The number of hydrogen-bond acceptors (Lipinski definition) is 3. The van der Waals surface area contributed by atoms with Gasteiger partial charge in [-0.3, -0.25) is 9.59 Å². The molecule has 148 valence electrons. The maximum absolute atomic E-state index is 12.4. The number of piperidine rings is 1. The molecule has 1 fully saturated rings. The van der Waals surface area contributed by atoms with E-state index in [0.29, 0.717) is 38.2 Å². The van der Waals surface area contributed by atoms with Gasteiger partial charge in [0.2, 0.25) is 5.91 Å². The maximum atomic E-state index is 12.4. The normalized spacial score (nSPS) is 14.6. The van der Waals surface area contributed by atoms with E-state index in [4.69, 9.17) is 4.74 Å². The molecule has 5 heteroatoms. The molecular weight excluding hydrogens is 352 g/mol. The Hall–Kier alpha value is -2.82. The van der Waals surface area contributed by atoms with Gasteiger partial charge in [0, 0.05) is 25.6 Å². The molecule has 3 rings (SSSR count). The molecule has 1 heterocycles. The number of ether oxygens (including phenoxy) is 1. The average Bonchev–Trinajstić information content (AvgIpc) is 2.71. The monoisotopic (exact) mass is 380 g/mol. The molecule has 0 bridgehead atoms. The lowest BCUT2D eigenvalue weighted by Gasteiger charge is -2.31. The van der Waals surface area contributed by atoms with E-state index in [2.05, 4.69) is 11.4 Å². The molecule has 1 aliphatic rings. The van der Waals surface area contributed by atoms with Gasteiger partial charge < -0.3 is 15.0 Å². The summed E-state index contributed by atoms with van der Waals surface area (Å²) in [6, 6.07) is 15.8. The molecule has 2 aromatic carbocycles. The number of benzene rings is 2. The van der Waals surface area contributed by atoms with Crippen molar-refractivity contribution < 1.29 is 14.3 Å². The quantitative estimate of drug-likeness (QED) is 0.837. The van der Waals surface area contributed by atoms with Crippen LogP contribution in [-0.4, -0.2) is 36.4 Å². The van der Waals surface area contributed by atoms with Crippen LogP contribution < -0.4 is 10.1 Å². The zero-order valence-electron chi connectivity index (χ0n) is 16.6. The molecule has 1 N–H and O–H groups in total. The number of aryl methyl sites for hydroxylation is 2. The second-order valence-electron chi connectivity index (χ2n) is 7.46. The first-order valence-corrected chi connectivity index (χ1v) is 9.82. The number of hydrogen-bond donors (Lipinski definition) is 1. The van der Waals surface area contributed by atoms with Crippen LogP contribution in [-0.2, 0) is 16.1 Å². The van der Waals surface area contributed by atoms with E-state index < -0.39 is 0 Å². The molecule has 0 saturated carbocycles. The zero-order valence-corrected chi connectivity index (χ0v) is 16.6. The minimum Gasteiger partial charge on any atom is -0.484 e. The van der Waals surface area contributed by atoms with E-state index in [9.17, 15) is 9.59 Å². The predicted molar refractivity (Wildman–Crippen MR) is 109 cm³/mol. The highest BCUT2D eigenvalue weighted by atomic mass is 16.5. The van der Waals surface area contributed by atoms with Crippen LogP contribution in [0.1, 0.15) is 29.5 Å². The highest BCUT2D eigenvalue weighted by molar-refractivity contribution is 5.80. The second kappa shape index (κ2) is 9.40. The van der Waals surface area contributed by atoms with Crippen molar-refractivity contribution in [1.82, 2.24) is 10.2 Å². The van der Waals surface area contributed by atoms with Crippen LogP contribution in [0, 0.1) is 19.8 Å². The van der Waals surface area contributed by atoms with Gasteiger partial charge in [-0.1, -0.05) is 47.5 Å². The lowest BCUT2D eigenvalue weighted by Crippen LogP contribution is -2.44. The third-order valence-corrected chi connectivity index (χ3v) is 5.15. The molecule has 0 spiro atoms. The molecule has 0 aliphatic carbocycles. The highest BCUT2D eigenvalue weighted by Crippen LogP contribution is 2.18. The Balaban J connectivity index is 1.40. The molecular formula is C23H28N2O3. The number of nitrogens with one attached hydrogen (secondary N) is 1. The first-order chi connectivity index (χ1) is 13.5. The SMILES string of the molecule is Cc1ccc(OCC(=O)N2CCC(C(=O)NCc3cccc(C)c3)CC2)cc1. The highest BCUT2D eigenvalue weighted by Gasteiger charge is 2.27. The Kier molecular flexibility index (Phi) is 6.69. The molecule has 1 saturated heterocycles. The third kappa shape index (κ3) is 5.59. The first-order valence-electron chi connectivity index (χ1n) is 9.82. The summed E-state index contributed by atoms with van der Waals surface area (Å²) in [4.78, 5) is 26.6. The molecule has 0 radical (unpaired) electrons. The Morgan fingerprint density at radius 3 is 2.43 bits per heavy atom. The maximum Gasteiger partial charge on any atom is 0.260 e. The molecule has 0 atom stereocenters. The van der Waals surface area contributed by atoms with E-state index in [1.54, 1.807) is 4.90 Å². The summed E-state index contributed by atoms with van der Waals surface area (Å²) in [5.74, 6) is 0.708. The topological polar surface area (TPSA) is 58.6 Å². The van der Waals surface area contributed by atoms with Gasteiger partial charge in [0.05, 0.1) is 0 Å². The lowest BCUT2D eigenvalue weighted by molar-refractivity contribution is -0.137. The van der Waals surface area contributed by atoms with Crippen molar-refractivity contribution in [3.8, 4) is 5.75 Å². The Morgan fingerprint density at radius 1 is 1.04 bits per heavy atom. The Labute approximate surface area is 166 Å². The summed E-state index contributed by atoms with van der Waals surface area (Å²) in [6.45, 7) is 5.82. The zero-order chi connectivity index (χ0) is 19.9. The van der Waals surface area contributed by atoms with Gasteiger partial charge in [0.15, 0.2) is 6.61 Å². The number of likely N-dealkylation sites (tertiary alicyclic amines) is 1. The standard InChI is InChI=1S/C23H28N2O3/c1-17-6-8-21(9-7-17)28-16-22(26)25-12-10-20(11-13-25)23(27)24-15-19-5-3-4-18(2)14-19/h3-9,14,20H,10-13,15-16H2,1-2H3,(H,24,27). The molecule has 28 heavy (non-hydrogen) atoms. The number of carbonyl (C=O) groups is 2. The molecule has 0 aromatic heterocycles. The van der Waals surface area contributed by atoms with Crippen LogP contribution in [0.2, 0.25) is 0 Å². The minimum atomic E-state index is -0.0353. The van der Waals surface area contributed by atoms with Crippen molar-refractivity contribution in [2.75, 3.05) is 19.7 Å². The van der Waals surface area contributed by atoms with E-state index in [-0.39, 0.29) is 24.3 Å². The van der Waals surface area contributed by atoms with Crippen molar-refractivity contribution >= 4 is 11.8 Å². The Bertz CT molecular complexity index is 809. The molecule has 5 nitrogen and oxygen atoms in total. The first kappa shape index (κ1) is 19.9. The lowest BCUT2D eigenvalue weighted by atomic mass is 9.95. The van der Waals surface area contributed by atoms with E-state index in [1.807, 2.05) is 56.3 Å². The fraction of sp³-hybridized carbons (Fsp3) is 0.391.